The van der Waals surface area contributed by atoms with Crippen molar-refractivity contribution in [3.63, 3.8) is 0 Å². The third-order valence-corrected chi connectivity index (χ3v) is 13.9. The number of anilines is 1. The van der Waals surface area contributed by atoms with E-state index in [0.717, 1.165) is 63.5 Å². The van der Waals surface area contributed by atoms with Gasteiger partial charge >= 0.3 is 21.6 Å². The normalized spacial score (nSPS) is 24.1. The average molecular weight is 1020 g/mol. The number of aliphatic hydroxyl groups is 1. The van der Waals surface area contributed by atoms with E-state index in [1.165, 1.54) is 48.2 Å². The molecular formula is C53H73F4NO12S. The summed E-state index contributed by atoms with van der Waals surface area (Å²) in [4.78, 5) is 28.0. The van der Waals surface area contributed by atoms with Crippen LogP contribution in [-0.4, -0.2) is 94.5 Å². The van der Waals surface area contributed by atoms with Gasteiger partial charge < -0.3 is 42.6 Å². The van der Waals surface area contributed by atoms with Crippen LogP contribution in [0.2, 0.25) is 0 Å². The zero-order valence-electron chi connectivity index (χ0n) is 41.9. The Kier molecular flexibility index (Phi) is 22.1. The summed E-state index contributed by atoms with van der Waals surface area (Å²) in [5.74, 6) is -2.77. The molecule has 1 N–H and O–H groups in total. The third-order valence-electron chi connectivity index (χ3n) is 12.9. The van der Waals surface area contributed by atoms with E-state index in [2.05, 4.69) is 38.8 Å². The molecule has 1 unspecified atom stereocenters. The fourth-order valence-electron chi connectivity index (χ4n) is 9.11. The zero-order valence-corrected chi connectivity index (χ0v) is 42.7. The van der Waals surface area contributed by atoms with Crippen LogP contribution in [0.15, 0.2) is 72.8 Å². The van der Waals surface area contributed by atoms with E-state index >= 15 is 0 Å². The summed E-state index contributed by atoms with van der Waals surface area (Å²) in [7, 11) is -5.96. The SMILES string of the molecule is CCCCO[C@@H]1[C@@H](OCCCC)[C@H](OCCCC)C(O)(c2ccc([C@@H]3[C@@H](CC[C@H](OC(C)=O)c4ccc(F)cc4)C(=O)N3c3ccc(OS(=O)(=O)C(F)(F)F)cc3)cc2)[C@H](OCCCC)[C@H]1OCCCC. The predicted molar refractivity (Wildman–Crippen MR) is 259 cm³/mol. The van der Waals surface area contributed by atoms with Gasteiger partial charge in [0.05, 0.1) is 12.0 Å². The van der Waals surface area contributed by atoms with Gasteiger partial charge in [-0.15, -0.1) is 0 Å². The van der Waals surface area contributed by atoms with Crippen LogP contribution in [0.4, 0.5) is 23.2 Å². The highest BCUT2D eigenvalue weighted by Crippen LogP contribution is 2.49. The number of rotatable bonds is 30. The molecule has 1 saturated carbocycles. The first-order valence-electron chi connectivity index (χ1n) is 25.2. The predicted octanol–water partition coefficient (Wildman–Crippen LogP) is 11.0. The van der Waals surface area contributed by atoms with Gasteiger partial charge in [0.2, 0.25) is 5.91 Å². The van der Waals surface area contributed by atoms with E-state index in [1.807, 2.05) is 0 Å². The zero-order chi connectivity index (χ0) is 51.8. The number of carbonyl (C=O) groups excluding carboxylic acids is 2. The quantitative estimate of drug-likeness (QED) is 0.0169. The van der Waals surface area contributed by atoms with Crippen LogP contribution < -0.4 is 9.08 Å². The van der Waals surface area contributed by atoms with Crippen LogP contribution in [0.25, 0.3) is 0 Å². The molecule has 0 aromatic heterocycles. The molecule has 13 nitrogen and oxygen atoms in total. The van der Waals surface area contributed by atoms with Gasteiger partial charge in [-0.1, -0.05) is 103 Å². The van der Waals surface area contributed by atoms with Crippen molar-refractivity contribution in [2.24, 2.45) is 5.92 Å². The standard InChI is InChI=1S/C53H73F4NO12S/c1-7-12-31-64-46-47(65-32-13-8-2)49(67-34-15-10-4)52(61,50(68-35-16-11-5)48(46)66-33-14-9-3)39-21-17-38(18-22-39)45-43(29-30-44(69-36(6)59)37-19-23-40(54)24-20-37)51(60)58(45)41-25-27-42(28-26-41)70-71(62,63)53(55,56)57/h17-28,43-50,61H,7-16,29-35H2,1-6H3/t43-,44+,45-,46-,47-,48+,49+,50-,52?/m1/s1. The first-order valence-corrected chi connectivity index (χ1v) is 26.6. The van der Waals surface area contributed by atoms with Crippen molar-refractivity contribution in [1.82, 2.24) is 0 Å². The van der Waals surface area contributed by atoms with Crippen LogP contribution in [0.1, 0.15) is 147 Å². The van der Waals surface area contributed by atoms with Gasteiger partial charge in [0, 0.05) is 45.6 Å². The summed E-state index contributed by atoms with van der Waals surface area (Å²) in [5.41, 5.74) is -5.72. The molecule has 1 aliphatic heterocycles. The van der Waals surface area contributed by atoms with Crippen molar-refractivity contribution in [2.45, 2.75) is 172 Å². The Hall–Kier alpha value is -4.17. The number of amides is 1. The second kappa shape index (κ2) is 27.2. The van der Waals surface area contributed by atoms with Crippen molar-refractivity contribution in [1.29, 1.82) is 0 Å². The number of esters is 1. The maximum atomic E-state index is 14.3. The molecule has 0 bridgehead atoms. The lowest BCUT2D eigenvalue weighted by molar-refractivity contribution is -0.314. The Morgan fingerprint density at radius 1 is 0.690 bits per heavy atom. The van der Waals surface area contributed by atoms with Gasteiger partial charge in [-0.25, -0.2) is 4.39 Å². The molecule has 0 spiro atoms. The monoisotopic (exact) mass is 1020 g/mol. The third kappa shape index (κ3) is 14.5. The van der Waals surface area contributed by atoms with Gasteiger partial charge in [-0.3, -0.25) is 9.59 Å². The lowest BCUT2D eigenvalue weighted by Gasteiger charge is -2.54. The van der Waals surface area contributed by atoms with Gasteiger partial charge in [-0.05, 0) is 98.0 Å². The topological polar surface area (TPSA) is 156 Å². The van der Waals surface area contributed by atoms with E-state index in [0.29, 0.717) is 62.6 Å². The molecule has 396 valence electrons. The smallest absolute Gasteiger partial charge is 0.458 e. The van der Waals surface area contributed by atoms with Crippen LogP contribution in [0.3, 0.4) is 0 Å². The number of alkyl halides is 3. The fourth-order valence-corrected chi connectivity index (χ4v) is 9.57. The molecule has 71 heavy (non-hydrogen) atoms. The number of halogens is 4. The Labute approximate surface area is 416 Å². The molecule has 3 aromatic rings. The minimum Gasteiger partial charge on any atom is -0.458 e. The van der Waals surface area contributed by atoms with E-state index in [1.54, 1.807) is 24.3 Å². The Bertz CT molecular complexity index is 2160. The maximum Gasteiger partial charge on any atom is 0.534 e. The summed E-state index contributed by atoms with van der Waals surface area (Å²) in [6.45, 7) is 13.4. The summed E-state index contributed by atoms with van der Waals surface area (Å²) in [5, 5.41) is 13.7. The molecule has 5 rings (SSSR count). The fraction of sp³-hybridized carbons (Fsp3) is 0.623. The van der Waals surface area contributed by atoms with Crippen molar-refractivity contribution >= 4 is 27.7 Å². The number of benzene rings is 3. The van der Waals surface area contributed by atoms with Crippen molar-refractivity contribution in [2.75, 3.05) is 37.9 Å². The van der Waals surface area contributed by atoms with Crippen molar-refractivity contribution in [3.8, 4) is 5.75 Å². The summed E-state index contributed by atoms with van der Waals surface area (Å²) >= 11 is 0. The molecule has 18 heteroatoms. The van der Waals surface area contributed by atoms with Crippen molar-refractivity contribution < 1.29 is 73.3 Å². The highest BCUT2D eigenvalue weighted by molar-refractivity contribution is 7.88. The minimum atomic E-state index is -5.96. The second-order valence-electron chi connectivity index (χ2n) is 18.3. The average Bonchev–Trinajstić information content (AvgIpc) is 3.33. The molecule has 1 amide bonds. The molecule has 0 radical (unpaired) electrons. The maximum absolute atomic E-state index is 14.3. The minimum absolute atomic E-state index is 0.166. The Morgan fingerprint density at radius 3 is 1.61 bits per heavy atom. The van der Waals surface area contributed by atoms with Crippen LogP contribution in [0, 0.1) is 11.7 Å². The van der Waals surface area contributed by atoms with Gasteiger partial charge in [-0.2, -0.15) is 21.6 Å². The highest BCUT2D eigenvalue weighted by atomic mass is 32.2. The summed E-state index contributed by atoms with van der Waals surface area (Å²) in [6.07, 6.45) is 3.41. The number of nitrogens with zero attached hydrogens (tertiary/aromatic N) is 1. The Balaban J connectivity index is 1.62. The summed E-state index contributed by atoms with van der Waals surface area (Å²) in [6, 6.07) is 16.5. The molecule has 3 aromatic carbocycles. The van der Waals surface area contributed by atoms with E-state index in [9.17, 15) is 40.7 Å². The lowest BCUT2D eigenvalue weighted by atomic mass is 9.70. The number of hydrogen-bond donors (Lipinski definition) is 1. The van der Waals surface area contributed by atoms with E-state index in [4.69, 9.17) is 28.4 Å². The molecular weight excluding hydrogens is 951 g/mol. The number of β-lactam (4-membered cyclic amide) rings is 1. The van der Waals surface area contributed by atoms with E-state index in [-0.39, 0.29) is 24.4 Å². The van der Waals surface area contributed by atoms with Gasteiger partial charge in [0.25, 0.3) is 0 Å². The van der Waals surface area contributed by atoms with E-state index < -0.39 is 87.3 Å². The second-order valence-corrected chi connectivity index (χ2v) is 19.8. The van der Waals surface area contributed by atoms with Crippen LogP contribution in [0.5, 0.6) is 5.75 Å². The molecule has 2 fully saturated rings. The van der Waals surface area contributed by atoms with Crippen LogP contribution in [-0.2, 0) is 53.7 Å². The summed E-state index contributed by atoms with van der Waals surface area (Å²) < 4.78 is 121. The molecule has 1 aliphatic carbocycles. The largest absolute Gasteiger partial charge is 0.534 e. The number of unbranched alkanes of at least 4 members (excludes halogenated alkanes) is 5. The van der Waals surface area contributed by atoms with Gasteiger partial charge in [0.1, 0.15) is 53.8 Å². The van der Waals surface area contributed by atoms with Gasteiger partial charge in [0.15, 0.2) is 0 Å². The molecule has 1 saturated heterocycles. The first-order chi connectivity index (χ1) is 34.0. The number of ether oxygens (including phenoxy) is 6. The lowest BCUT2D eigenvalue weighted by Crippen LogP contribution is -2.72. The Morgan fingerprint density at radius 2 is 1.15 bits per heavy atom. The first kappa shape index (κ1) is 57.7. The molecule has 9 atom stereocenters. The molecule has 1 heterocycles. The van der Waals surface area contributed by atoms with Crippen LogP contribution >= 0.6 is 0 Å². The number of carbonyl (C=O) groups is 2. The number of hydrogen-bond acceptors (Lipinski definition) is 12. The van der Waals surface area contributed by atoms with Crippen molar-refractivity contribution in [3.05, 3.63) is 95.3 Å². The molecule has 2 aliphatic rings. The highest BCUT2D eigenvalue weighted by Gasteiger charge is 2.63.